The van der Waals surface area contributed by atoms with E-state index in [1.807, 2.05) is 19.1 Å². The van der Waals surface area contributed by atoms with Crippen LogP contribution >= 0.6 is 15.9 Å². The van der Waals surface area contributed by atoms with Crippen molar-refractivity contribution in [1.82, 2.24) is 4.98 Å². The normalized spacial score (nSPS) is 12.8. The topological polar surface area (TPSA) is 33.1 Å². The maximum absolute atomic E-state index is 9.05. The second-order valence-corrected chi connectivity index (χ2v) is 4.12. The van der Waals surface area contributed by atoms with Gasteiger partial charge in [0.2, 0.25) is 0 Å². The molecule has 0 amide bonds. The van der Waals surface area contributed by atoms with Gasteiger partial charge in [-0.05, 0) is 54.2 Å². The first-order valence-corrected chi connectivity index (χ1v) is 5.26. The van der Waals surface area contributed by atoms with Crippen molar-refractivity contribution in [2.45, 2.75) is 32.3 Å². The Kier molecular flexibility index (Phi) is 4.39. The molecule has 2 nitrogen and oxygen atoms in total. The standard InChI is InChI=1S/C10H14BrNO/c1-8(13)3-2-4-10-6-5-9(11)7-12-10/h5-8,13H,2-4H2,1H3. The van der Waals surface area contributed by atoms with Gasteiger partial charge in [0.25, 0.3) is 0 Å². The lowest BCUT2D eigenvalue weighted by Crippen LogP contribution is -2.00. The fourth-order valence-corrected chi connectivity index (χ4v) is 1.37. The molecule has 72 valence electrons. The van der Waals surface area contributed by atoms with E-state index in [4.69, 9.17) is 5.11 Å². The Labute approximate surface area is 87.1 Å². The number of hydrogen-bond acceptors (Lipinski definition) is 2. The predicted octanol–water partition coefficient (Wildman–Crippen LogP) is 2.55. The molecule has 1 rings (SSSR count). The average molecular weight is 244 g/mol. The average Bonchev–Trinajstić information content (AvgIpc) is 2.08. The molecule has 0 fully saturated rings. The lowest BCUT2D eigenvalue weighted by Gasteiger charge is -2.03. The van der Waals surface area contributed by atoms with Crippen LogP contribution in [0.15, 0.2) is 22.8 Å². The lowest BCUT2D eigenvalue weighted by molar-refractivity contribution is 0.181. The molecular weight excluding hydrogens is 230 g/mol. The van der Waals surface area contributed by atoms with E-state index in [1.165, 1.54) is 0 Å². The van der Waals surface area contributed by atoms with Crippen molar-refractivity contribution in [2.75, 3.05) is 0 Å². The number of aliphatic hydroxyl groups excluding tert-OH is 1. The molecule has 0 radical (unpaired) electrons. The van der Waals surface area contributed by atoms with Crippen molar-refractivity contribution in [1.29, 1.82) is 0 Å². The van der Waals surface area contributed by atoms with E-state index in [9.17, 15) is 0 Å². The molecule has 1 heterocycles. The van der Waals surface area contributed by atoms with E-state index >= 15 is 0 Å². The van der Waals surface area contributed by atoms with Gasteiger partial charge in [-0.25, -0.2) is 0 Å². The van der Waals surface area contributed by atoms with E-state index in [2.05, 4.69) is 20.9 Å². The minimum atomic E-state index is -0.199. The number of pyridine rings is 1. The van der Waals surface area contributed by atoms with E-state index in [0.29, 0.717) is 0 Å². The third-order valence-corrected chi connectivity index (χ3v) is 2.31. The van der Waals surface area contributed by atoms with Gasteiger partial charge in [0.15, 0.2) is 0 Å². The summed E-state index contributed by atoms with van der Waals surface area (Å²) in [5.41, 5.74) is 1.09. The molecule has 3 heteroatoms. The summed E-state index contributed by atoms with van der Waals surface area (Å²) in [6, 6.07) is 4.00. The van der Waals surface area contributed by atoms with E-state index in [-0.39, 0.29) is 6.10 Å². The smallest absolute Gasteiger partial charge is 0.0512 e. The maximum Gasteiger partial charge on any atom is 0.0512 e. The van der Waals surface area contributed by atoms with Crippen LogP contribution in [0.25, 0.3) is 0 Å². The van der Waals surface area contributed by atoms with Crippen molar-refractivity contribution < 1.29 is 5.11 Å². The quantitative estimate of drug-likeness (QED) is 0.882. The third kappa shape index (κ3) is 4.39. The highest BCUT2D eigenvalue weighted by molar-refractivity contribution is 9.10. The zero-order valence-corrected chi connectivity index (χ0v) is 9.29. The molecule has 1 atom stereocenters. The summed E-state index contributed by atoms with van der Waals surface area (Å²) in [5.74, 6) is 0. The molecule has 0 aliphatic carbocycles. The van der Waals surface area contributed by atoms with Gasteiger partial charge in [0.05, 0.1) is 6.10 Å². The minimum absolute atomic E-state index is 0.199. The van der Waals surface area contributed by atoms with Crippen LogP contribution in [0.4, 0.5) is 0 Å². The monoisotopic (exact) mass is 243 g/mol. The maximum atomic E-state index is 9.05. The summed E-state index contributed by atoms with van der Waals surface area (Å²) in [7, 11) is 0. The Morgan fingerprint density at radius 1 is 1.54 bits per heavy atom. The molecule has 0 aliphatic rings. The van der Waals surface area contributed by atoms with Gasteiger partial charge in [-0.15, -0.1) is 0 Å². The van der Waals surface area contributed by atoms with Gasteiger partial charge in [0, 0.05) is 16.4 Å². The summed E-state index contributed by atoms with van der Waals surface area (Å²) >= 11 is 3.33. The number of halogens is 1. The molecule has 1 aromatic rings. The van der Waals surface area contributed by atoms with Crippen LogP contribution in [-0.4, -0.2) is 16.2 Å². The van der Waals surface area contributed by atoms with E-state index < -0.39 is 0 Å². The van der Waals surface area contributed by atoms with Crippen LogP contribution in [0.1, 0.15) is 25.5 Å². The van der Waals surface area contributed by atoms with Crippen molar-refractivity contribution in [2.24, 2.45) is 0 Å². The van der Waals surface area contributed by atoms with Crippen molar-refractivity contribution >= 4 is 15.9 Å². The predicted molar refractivity (Wildman–Crippen MR) is 56.6 cm³/mol. The largest absolute Gasteiger partial charge is 0.393 e. The molecule has 0 saturated carbocycles. The summed E-state index contributed by atoms with van der Waals surface area (Å²) in [4.78, 5) is 4.25. The second kappa shape index (κ2) is 5.35. The fraction of sp³-hybridized carbons (Fsp3) is 0.500. The van der Waals surface area contributed by atoms with Gasteiger partial charge in [-0.3, -0.25) is 4.98 Å². The Morgan fingerprint density at radius 2 is 2.31 bits per heavy atom. The van der Waals surface area contributed by atoms with Gasteiger partial charge < -0.3 is 5.11 Å². The molecule has 0 spiro atoms. The molecule has 1 N–H and O–H groups in total. The highest BCUT2D eigenvalue weighted by atomic mass is 79.9. The number of hydrogen-bond donors (Lipinski definition) is 1. The first kappa shape index (κ1) is 10.7. The van der Waals surface area contributed by atoms with Gasteiger partial charge in [0.1, 0.15) is 0 Å². The van der Waals surface area contributed by atoms with Gasteiger partial charge in [-0.2, -0.15) is 0 Å². The SMILES string of the molecule is CC(O)CCCc1ccc(Br)cn1. The lowest BCUT2D eigenvalue weighted by atomic mass is 10.1. The molecule has 0 saturated heterocycles. The Bertz CT molecular complexity index is 246. The first-order chi connectivity index (χ1) is 6.18. The van der Waals surface area contributed by atoms with Crippen molar-refractivity contribution in [3.05, 3.63) is 28.5 Å². The van der Waals surface area contributed by atoms with Crippen LogP contribution in [0.2, 0.25) is 0 Å². The van der Waals surface area contributed by atoms with E-state index in [0.717, 1.165) is 29.4 Å². The van der Waals surface area contributed by atoms with E-state index in [1.54, 1.807) is 6.20 Å². The first-order valence-electron chi connectivity index (χ1n) is 4.47. The van der Waals surface area contributed by atoms with Crippen molar-refractivity contribution in [3.8, 4) is 0 Å². The Balaban J connectivity index is 2.33. The minimum Gasteiger partial charge on any atom is -0.393 e. The summed E-state index contributed by atoms with van der Waals surface area (Å²) in [5, 5.41) is 9.05. The molecule has 0 aliphatic heterocycles. The molecule has 13 heavy (non-hydrogen) atoms. The number of aliphatic hydroxyl groups is 1. The Morgan fingerprint density at radius 3 is 2.85 bits per heavy atom. The van der Waals surface area contributed by atoms with Crippen LogP contribution in [0.5, 0.6) is 0 Å². The third-order valence-electron chi connectivity index (χ3n) is 1.84. The van der Waals surface area contributed by atoms with Crippen LogP contribution in [-0.2, 0) is 6.42 Å². The zero-order chi connectivity index (χ0) is 9.68. The van der Waals surface area contributed by atoms with Crippen LogP contribution in [0, 0.1) is 0 Å². The van der Waals surface area contributed by atoms with Crippen LogP contribution in [0.3, 0.4) is 0 Å². The molecular formula is C10H14BrNO. The highest BCUT2D eigenvalue weighted by Gasteiger charge is 1.98. The Hall–Kier alpha value is -0.410. The number of aromatic nitrogens is 1. The number of rotatable bonds is 4. The molecule has 0 bridgehead atoms. The molecule has 1 unspecified atom stereocenters. The van der Waals surface area contributed by atoms with Gasteiger partial charge >= 0.3 is 0 Å². The summed E-state index contributed by atoms with van der Waals surface area (Å²) in [6.45, 7) is 1.81. The van der Waals surface area contributed by atoms with Gasteiger partial charge in [-0.1, -0.05) is 0 Å². The molecule has 1 aromatic heterocycles. The summed E-state index contributed by atoms with van der Waals surface area (Å²) in [6.07, 6.45) is 4.38. The second-order valence-electron chi connectivity index (χ2n) is 3.21. The van der Waals surface area contributed by atoms with Crippen LogP contribution < -0.4 is 0 Å². The van der Waals surface area contributed by atoms with Crippen molar-refractivity contribution in [3.63, 3.8) is 0 Å². The summed E-state index contributed by atoms with van der Waals surface area (Å²) < 4.78 is 1.01. The highest BCUT2D eigenvalue weighted by Crippen LogP contribution is 2.09. The fourth-order valence-electron chi connectivity index (χ4n) is 1.13. The molecule has 0 aromatic carbocycles. The number of nitrogens with zero attached hydrogens (tertiary/aromatic N) is 1. The zero-order valence-electron chi connectivity index (χ0n) is 7.70. The number of aryl methyl sites for hydroxylation is 1.